The van der Waals surface area contributed by atoms with Gasteiger partial charge in [-0.2, -0.15) is 0 Å². The second-order valence-corrected chi connectivity index (χ2v) is 3.40. The number of rotatable bonds is 3. The van der Waals surface area contributed by atoms with E-state index in [-0.39, 0.29) is 5.79 Å². The van der Waals surface area contributed by atoms with Gasteiger partial charge in [-0.25, -0.2) is 0 Å². The molecule has 0 radical (unpaired) electrons. The molecule has 1 aliphatic carbocycles. The molecular weight excluding hydrogens is 154 g/mol. The van der Waals surface area contributed by atoms with Crippen molar-refractivity contribution in [1.29, 1.82) is 0 Å². The number of ether oxygens (including phenoxy) is 2. The highest BCUT2D eigenvalue weighted by Crippen LogP contribution is 2.31. The van der Waals surface area contributed by atoms with Gasteiger partial charge in [-0.3, -0.25) is 0 Å². The summed E-state index contributed by atoms with van der Waals surface area (Å²) in [4.78, 5) is 0. The molecule has 1 unspecified atom stereocenters. The molecule has 0 amide bonds. The van der Waals surface area contributed by atoms with Crippen molar-refractivity contribution in [1.82, 2.24) is 5.32 Å². The molecule has 0 aromatic rings. The lowest BCUT2D eigenvalue weighted by atomic mass is 9.90. The first kappa shape index (κ1) is 9.96. The van der Waals surface area contributed by atoms with Crippen LogP contribution < -0.4 is 5.32 Å². The van der Waals surface area contributed by atoms with Gasteiger partial charge in [0, 0.05) is 33.1 Å². The van der Waals surface area contributed by atoms with E-state index in [0.29, 0.717) is 6.04 Å². The fraction of sp³-hybridized carbons (Fsp3) is 1.00. The van der Waals surface area contributed by atoms with Gasteiger partial charge in [-0.1, -0.05) is 0 Å². The Labute approximate surface area is 74.4 Å². The zero-order valence-corrected chi connectivity index (χ0v) is 8.22. The number of hydrogen-bond acceptors (Lipinski definition) is 3. The normalized spacial score (nSPS) is 28.8. The maximum absolute atomic E-state index is 5.40. The molecular formula is C9H19NO2. The summed E-state index contributed by atoms with van der Waals surface area (Å²) in [5, 5.41) is 3.27. The highest BCUT2D eigenvalue weighted by molar-refractivity contribution is 4.83. The topological polar surface area (TPSA) is 30.5 Å². The summed E-state index contributed by atoms with van der Waals surface area (Å²) >= 11 is 0. The molecule has 72 valence electrons. The molecule has 1 rings (SSSR count). The van der Waals surface area contributed by atoms with Crippen LogP contribution in [0.25, 0.3) is 0 Å². The average Bonchev–Trinajstić information content (AvgIpc) is 2.18. The van der Waals surface area contributed by atoms with Crippen LogP contribution in [0.3, 0.4) is 0 Å². The van der Waals surface area contributed by atoms with E-state index < -0.39 is 0 Å². The van der Waals surface area contributed by atoms with Crippen LogP contribution in [0.15, 0.2) is 0 Å². The van der Waals surface area contributed by atoms with Crippen LogP contribution in [0.2, 0.25) is 0 Å². The highest BCUT2D eigenvalue weighted by Gasteiger charge is 2.35. The lowest BCUT2D eigenvalue weighted by Crippen LogP contribution is -2.45. The molecule has 1 fully saturated rings. The first-order chi connectivity index (χ1) is 5.76. The first-order valence-electron chi connectivity index (χ1n) is 4.54. The fourth-order valence-electron chi connectivity index (χ4n) is 1.90. The minimum absolute atomic E-state index is 0.327. The quantitative estimate of drug-likeness (QED) is 0.649. The minimum atomic E-state index is -0.327. The van der Waals surface area contributed by atoms with E-state index in [2.05, 4.69) is 5.32 Å². The van der Waals surface area contributed by atoms with Crippen LogP contribution in [0.4, 0.5) is 0 Å². The third-order valence-electron chi connectivity index (χ3n) is 2.82. The Kier molecular flexibility index (Phi) is 3.50. The predicted octanol–water partition coefficient (Wildman–Crippen LogP) is 1.14. The van der Waals surface area contributed by atoms with E-state index in [1.54, 1.807) is 14.2 Å². The molecule has 1 aliphatic rings. The standard InChI is InChI=1S/C9H19NO2/c1-10-8-5-4-6-9(7-8,11-2)12-3/h8,10H,4-7H2,1-3H3. The molecule has 0 aromatic carbocycles. The SMILES string of the molecule is CNC1CCCC(OC)(OC)C1. The second-order valence-electron chi connectivity index (χ2n) is 3.40. The van der Waals surface area contributed by atoms with Crippen molar-refractivity contribution >= 4 is 0 Å². The Balaban J connectivity index is 2.52. The van der Waals surface area contributed by atoms with Crippen molar-refractivity contribution in [2.75, 3.05) is 21.3 Å². The van der Waals surface area contributed by atoms with E-state index in [0.717, 1.165) is 12.8 Å². The van der Waals surface area contributed by atoms with Crippen LogP contribution >= 0.6 is 0 Å². The monoisotopic (exact) mass is 173 g/mol. The van der Waals surface area contributed by atoms with Crippen LogP contribution in [0.5, 0.6) is 0 Å². The van der Waals surface area contributed by atoms with Gasteiger partial charge in [-0.05, 0) is 19.9 Å². The Bertz CT molecular complexity index is 134. The van der Waals surface area contributed by atoms with Crippen molar-refractivity contribution in [3.05, 3.63) is 0 Å². The lowest BCUT2D eigenvalue weighted by molar-refractivity contribution is -0.226. The van der Waals surface area contributed by atoms with Crippen LogP contribution in [0.1, 0.15) is 25.7 Å². The van der Waals surface area contributed by atoms with Crippen molar-refractivity contribution in [3.63, 3.8) is 0 Å². The second kappa shape index (κ2) is 4.21. The molecule has 1 saturated carbocycles. The smallest absolute Gasteiger partial charge is 0.169 e. The van der Waals surface area contributed by atoms with E-state index >= 15 is 0 Å². The van der Waals surface area contributed by atoms with Crippen molar-refractivity contribution in [2.24, 2.45) is 0 Å². The zero-order chi connectivity index (χ0) is 9.03. The lowest BCUT2D eigenvalue weighted by Gasteiger charge is -2.38. The molecule has 12 heavy (non-hydrogen) atoms. The van der Waals surface area contributed by atoms with Gasteiger partial charge in [0.2, 0.25) is 0 Å². The average molecular weight is 173 g/mol. The van der Waals surface area contributed by atoms with Gasteiger partial charge in [0.15, 0.2) is 5.79 Å². The number of hydrogen-bond donors (Lipinski definition) is 1. The first-order valence-corrected chi connectivity index (χ1v) is 4.54. The molecule has 0 spiro atoms. The third kappa shape index (κ3) is 1.97. The van der Waals surface area contributed by atoms with Crippen LogP contribution in [-0.4, -0.2) is 33.1 Å². The maximum atomic E-state index is 5.40. The molecule has 0 aliphatic heterocycles. The number of nitrogens with one attached hydrogen (secondary N) is 1. The Morgan fingerprint density at radius 2 is 2.00 bits per heavy atom. The molecule has 3 nitrogen and oxygen atoms in total. The summed E-state index contributed by atoms with van der Waals surface area (Å²) in [7, 11) is 5.44. The Hall–Kier alpha value is -0.120. The molecule has 1 N–H and O–H groups in total. The predicted molar refractivity (Wildman–Crippen MR) is 48.1 cm³/mol. The van der Waals surface area contributed by atoms with E-state index in [4.69, 9.17) is 9.47 Å². The third-order valence-corrected chi connectivity index (χ3v) is 2.82. The van der Waals surface area contributed by atoms with Gasteiger partial charge in [0.05, 0.1) is 0 Å². The van der Waals surface area contributed by atoms with Gasteiger partial charge < -0.3 is 14.8 Å². The largest absolute Gasteiger partial charge is 0.353 e. The van der Waals surface area contributed by atoms with Gasteiger partial charge >= 0.3 is 0 Å². The summed E-state index contributed by atoms with van der Waals surface area (Å²) in [6, 6.07) is 0.540. The minimum Gasteiger partial charge on any atom is -0.353 e. The number of methoxy groups -OCH3 is 2. The Morgan fingerprint density at radius 1 is 1.33 bits per heavy atom. The zero-order valence-electron chi connectivity index (χ0n) is 8.22. The molecule has 1 atom stereocenters. The van der Waals surface area contributed by atoms with E-state index in [1.807, 2.05) is 7.05 Å². The molecule has 0 aromatic heterocycles. The molecule has 3 heteroatoms. The van der Waals surface area contributed by atoms with Crippen molar-refractivity contribution in [3.8, 4) is 0 Å². The molecule has 0 bridgehead atoms. The molecule has 0 saturated heterocycles. The summed E-state index contributed by atoms with van der Waals surface area (Å²) < 4.78 is 10.8. The van der Waals surface area contributed by atoms with Crippen LogP contribution in [-0.2, 0) is 9.47 Å². The highest BCUT2D eigenvalue weighted by atomic mass is 16.7. The van der Waals surface area contributed by atoms with E-state index in [9.17, 15) is 0 Å². The van der Waals surface area contributed by atoms with Crippen LogP contribution in [0, 0.1) is 0 Å². The van der Waals surface area contributed by atoms with Gasteiger partial charge in [-0.15, -0.1) is 0 Å². The van der Waals surface area contributed by atoms with Gasteiger partial charge in [0.1, 0.15) is 0 Å². The van der Waals surface area contributed by atoms with Crippen molar-refractivity contribution < 1.29 is 9.47 Å². The summed E-state index contributed by atoms with van der Waals surface area (Å²) in [6.45, 7) is 0. The summed E-state index contributed by atoms with van der Waals surface area (Å²) in [6.07, 6.45) is 4.37. The van der Waals surface area contributed by atoms with Crippen molar-refractivity contribution in [2.45, 2.75) is 37.5 Å². The Morgan fingerprint density at radius 3 is 2.50 bits per heavy atom. The van der Waals surface area contributed by atoms with E-state index in [1.165, 1.54) is 12.8 Å². The van der Waals surface area contributed by atoms with Gasteiger partial charge in [0.25, 0.3) is 0 Å². The maximum Gasteiger partial charge on any atom is 0.169 e. The summed E-state index contributed by atoms with van der Waals surface area (Å²) in [5.41, 5.74) is 0. The fourth-order valence-corrected chi connectivity index (χ4v) is 1.90. The summed E-state index contributed by atoms with van der Waals surface area (Å²) in [5.74, 6) is -0.327. The molecule has 0 heterocycles.